The Kier molecular flexibility index (Phi) is 7.35. The van der Waals surface area contributed by atoms with Gasteiger partial charge in [-0.15, -0.1) is 0 Å². The highest BCUT2D eigenvalue weighted by molar-refractivity contribution is 9.09. The molecule has 1 unspecified atom stereocenters. The second-order valence-electron chi connectivity index (χ2n) is 4.69. The molecule has 0 aromatic heterocycles. The standard InChI is InChI=1S/C15H20BrF3O2/c1-3-7-20-13-6-5-11(9-14(13)21-8-4-2)12(16)10-15(17,18)19/h5-6,9,12H,3-4,7-8,10H2,1-2H3. The molecule has 0 radical (unpaired) electrons. The molecule has 120 valence electrons. The quantitative estimate of drug-likeness (QED) is 0.551. The molecule has 0 aliphatic heterocycles. The van der Waals surface area contributed by atoms with E-state index in [0.29, 0.717) is 30.3 Å². The van der Waals surface area contributed by atoms with Crippen molar-refractivity contribution in [2.45, 2.75) is 44.1 Å². The van der Waals surface area contributed by atoms with Crippen LogP contribution in [0.15, 0.2) is 18.2 Å². The second-order valence-corrected chi connectivity index (χ2v) is 5.80. The van der Waals surface area contributed by atoms with Gasteiger partial charge in [-0.25, -0.2) is 0 Å². The van der Waals surface area contributed by atoms with Crippen LogP contribution in [0.4, 0.5) is 13.2 Å². The van der Waals surface area contributed by atoms with Crippen molar-refractivity contribution in [1.29, 1.82) is 0 Å². The van der Waals surface area contributed by atoms with Crippen LogP contribution >= 0.6 is 15.9 Å². The van der Waals surface area contributed by atoms with Gasteiger partial charge in [0.1, 0.15) is 0 Å². The molecule has 6 heteroatoms. The lowest BCUT2D eigenvalue weighted by Gasteiger charge is -2.17. The van der Waals surface area contributed by atoms with E-state index in [2.05, 4.69) is 15.9 Å². The van der Waals surface area contributed by atoms with Crippen molar-refractivity contribution < 1.29 is 22.6 Å². The number of ether oxygens (including phenoxy) is 2. The Morgan fingerprint density at radius 3 is 2.14 bits per heavy atom. The highest BCUT2D eigenvalue weighted by Gasteiger charge is 2.31. The van der Waals surface area contributed by atoms with Gasteiger partial charge in [-0.3, -0.25) is 0 Å². The van der Waals surface area contributed by atoms with Gasteiger partial charge in [-0.05, 0) is 30.5 Å². The molecule has 1 rings (SSSR count). The Labute approximate surface area is 131 Å². The Morgan fingerprint density at radius 2 is 1.62 bits per heavy atom. The van der Waals surface area contributed by atoms with E-state index in [0.717, 1.165) is 12.8 Å². The van der Waals surface area contributed by atoms with E-state index in [1.165, 1.54) is 0 Å². The van der Waals surface area contributed by atoms with Crippen LogP contribution in [0.3, 0.4) is 0 Å². The predicted molar refractivity (Wildman–Crippen MR) is 80.4 cm³/mol. The maximum Gasteiger partial charge on any atom is 0.390 e. The molecule has 0 N–H and O–H groups in total. The molecule has 0 aliphatic carbocycles. The summed E-state index contributed by atoms with van der Waals surface area (Å²) in [6.07, 6.45) is -3.47. The van der Waals surface area contributed by atoms with Gasteiger partial charge in [0.15, 0.2) is 11.5 Å². The minimum absolute atomic E-state index is 0.495. The SMILES string of the molecule is CCCOc1ccc(C(Br)CC(F)(F)F)cc1OCCC. The summed E-state index contributed by atoms with van der Waals surface area (Å²) in [6, 6.07) is 4.92. The summed E-state index contributed by atoms with van der Waals surface area (Å²) in [6.45, 7) is 4.99. The van der Waals surface area contributed by atoms with E-state index in [1.807, 2.05) is 13.8 Å². The van der Waals surface area contributed by atoms with Crippen LogP contribution in [-0.2, 0) is 0 Å². The average Bonchev–Trinajstić information content (AvgIpc) is 2.41. The van der Waals surface area contributed by atoms with Gasteiger partial charge in [-0.1, -0.05) is 35.8 Å². The van der Waals surface area contributed by atoms with Gasteiger partial charge >= 0.3 is 6.18 Å². The molecule has 21 heavy (non-hydrogen) atoms. The van der Waals surface area contributed by atoms with Crippen LogP contribution in [-0.4, -0.2) is 19.4 Å². The van der Waals surface area contributed by atoms with Crippen LogP contribution in [0, 0.1) is 0 Å². The number of alkyl halides is 4. The van der Waals surface area contributed by atoms with Gasteiger partial charge < -0.3 is 9.47 Å². The predicted octanol–water partition coefficient (Wildman–Crippen LogP) is 5.65. The molecule has 1 atom stereocenters. The highest BCUT2D eigenvalue weighted by Crippen LogP contribution is 2.39. The van der Waals surface area contributed by atoms with E-state index in [-0.39, 0.29) is 0 Å². The first kappa shape index (κ1) is 18.1. The first-order valence-corrected chi connectivity index (χ1v) is 7.89. The summed E-state index contributed by atoms with van der Waals surface area (Å²) in [5.74, 6) is 1.06. The third-order valence-corrected chi connectivity index (χ3v) is 3.52. The van der Waals surface area contributed by atoms with Crippen LogP contribution in [0.25, 0.3) is 0 Å². The van der Waals surface area contributed by atoms with Gasteiger partial charge in [0.05, 0.1) is 19.6 Å². The molecule has 0 aliphatic rings. The van der Waals surface area contributed by atoms with E-state index < -0.39 is 17.4 Å². The van der Waals surface area contributed by atoms with E-state index >= 15 is 0 Å². The molecule has 1 aromatic carbocycles. The maximum atomic E-state index is 12.5. The molecule has 0 bridgehead atoms. The van der Waals surface area contributed by atoms with Crippen molar-refractivity contribution in [3.05, 3.63) is 23.8 Å². The molecule has 1 aromatic rings. The zero-order valence-corrected chi connectivity index (χ0v) is 13.8. The van der Waals surface area contributed by atoms with Crippen LogP contribution in [0.5, 0.6) is 11.5 Å². The van der Waals surface area contributed by atoms with Crippen molar-refractivity contribution in [3.63, 3.8) is 0 Å². The van der Waals surface area contributed by atoms with Crippen molar-refractivity contribution in [1.82, 2.24) is 0 Å². The van der Waals surface area contributed by atoms with Crippen molar-refractivity contribution in [3.8, 4) is 11.5 Å². The number of hydrogen-bond acceptors (Lipinski definition) is 2. The van der Waals surface area contributed by atoms with Gasteiger partial charge in [0.2, 0.25) is 0 Å². The summed E-state index contributed by atoms with van der Waals surface area (Å²) in [7, 11) is 0. The minimum atomic E-state index is -4.21. The molecule has 0 amide bonds. The molecule has 0 fully saturated rings. The van der Waals surface area contributed by atoms with Crippen molar-refractivity contribution >= 4 is 15.9 Å². The van der Waals surface area contributed by atoms with Gasteiger partial charge in [-0.2, -0.15) is 13.2 Å². The lowest BCUT2D eigenvalue weighted by Crippen LogP contribution is -2.10. The molecular formula is C15H20BrF3O2. The molecular weight excluding hydrogens is 349 g/mol. The van der Waals surface area contributed by atoms with Gasteiger partial charge in [0, 0.05) is 4.83 Å². The Bertz CT molecular complexity index is 435. The van der Waals surface area contributed by atoms with Crippen molar-refractivity contribution in [2.75, 3.05) is 13.2 Å². The van der Waals surface area contributed by atoms with E-state index in [1.54, 1.807) is 18.2 Å². The number of halogens is 4. The zero-order chi connectivity index (χ0) is 15.9. The van der Waals surface area contributed by atoms with Crippen LogP contribution in [0.1, 0.15) is 43.5 Å². The summed E-state index contributed by atoms with van der Waals surface area (Å²) in [5, 5.41) is 0. The maximum absolute atomic E-state index is 12.5. The fourth-order valence-corrected chi connectivity index (χ4v) is 2.35. The fraction of sp³-hybridized carbons (Fsp3) is 0.600. The van der Waals surface area contributed by atoms with E-state index in [4.69, 9.17) is 9.47 Å². The third kappa shape index (κ3) is 6.59. The molecule has 0 spiro atoms. The van der Waals surface area contributed by atoms with Gasteiger partial charge in [0.25, 0.3) is 0 Å². The molecule has 2 nitrogen and oxygen atoms in total. The Morgan fingerprint density at radius 1 is 1.05 bits per heavy atom. The van der Waals surface area contributed by atoms with Crippen LogP contribution < -0.4 is 9.47 Å². The normalized spacial score (nSPS) is 13.0. The smallest absolute Gasteiger partial charge is 0.390 e. The molecule has 0 saturated heterocycles. The summed E-state index contributed by atoms with van der Waals surface area (Å²) in [5.41, 5.74) is 0.530. The minimum Gasteiger partial charge on any atom is -0.490 e. The Balaban J connectivity index is 2.91. The van der Waals surface area contributed by atoms with Crippen LogP contribution in [0.2, 0.25) is 0 Å². The topological polar surface area (TPSA) is 18.5 Å². The molecule has 0 saturated carbocycles. The van der Waals surface area contributed by atoms with Crippen molar-refractivity contribution in [2.24, 2.45) is 0 Å². The monoisotopic (exact) mass is 368 g/mol. The first-order chi connectivity index (χ1) is 9.87. The lowest BCUT2D eigenvalue weighted by atomic mass is 10.1. The third-order valence-electron chi connectivity index (χ3n) is 2.66. The largest absolute Gasteiger partial charge is 0.490 e. The summed E-state index contributed by atoms with van der Waals surface area (Å²) >= 11 is 3.08. The lowest BCUT2D eigenvalue weighted by molar-refractivity contribution is -0.134. The van der Waals surface area contributed by atoms with E-state index in [9.17, 15) is 13.2 Å². The number of hydrogen-bond donors (Lipinski definition) is 0. The summed E-state index contributed by atoms with van der Waals surface area (Å²) < 4.78 is 48.5. The highest BCUT2D eigenvalue weighted by atomic mass is 79.9. The molecule has 0 heterocycles. The average molecular weight is 369 g/mol. The Hall–Kier alpha value is -0.910. The second kappa shape index (κ2) is 8.51. The number of rotatable bonds is 8. The fourth-order valence-electron chi connectivity index (χ4n) is 1.70. The number of benzene rings is 1. The first-order valence-electron chi connectivity index (χ1n) is 6.97. The summed E-state index contributed by atoms with van der Waals surface area (Å²) in [4.78, 5) is -0.790. The zero-order valence-electron chi connectivity index (χ0n) is 12.2.